The van der Waals surface area contributed by atoms with Crippen LogP contribution in [0.4, 0.5) is 11.4 Å². The summed E-state index contributed by atoms with van der Waals surface area (Å²) in [5, 5.41) is 6.26. The summed E-state index contributed by atoms with van der Waals surface area (Å²) in [4.78, 5) is 16.4. The third-order valence-electron chi connectivity index (χ3n) is 4.39. The zero-order valence-electron chi connectivity index (χ0n) is 14.1. The molecule has 1 aromatic carbocycles. The molecule has 1 amide bonds. The van der Waals surface area contributed by atoms with Gasteiger partial charge in [0.05, 0.1) is 6.10 Å². The number of amides is 1. The molecule has 1 atom stereocenters. The summed E-state index contributed by atoms with van der Waals surface area (Å²) in [5.41, 5.74) is 4.71. The number of aryl methyl sites for hydroxylation is 1. The molecular weight excluding hydrogens is 302 g/mol. The van der Waals surface area contributed by atoms with Gasteiger partial charge in [-0.1, -0.05) is 12.1 Å². The third-order valence-corrected chi connectivity index (χ3v) is 4.39. The zero-order valence-corrected chi connectivity index (χ0v) is 14.1. The molecule has 0 aliphatic carbocycles. The van der Waals surface area contributed by atoms with Gasteiger partial charge in [0.2, 0.25) is 0 Å². The summed E-state index contributed by atoms with van der Waals surface area (Å²) in [6, 6.07) is 9.75. The number of ether oxygens (including phenoxy) is 1. The molecule has 2 heterocycles. The molecule has 1 aliphatic rings. The van der Waals surface area contributed by atoms with Crippen molar-refractivity contribution in [3.8, 4) is 0 Å². The molecule has 1 aromatic heterocycles. The SMILES string of the molecule is Cc1cccc(Nc2ccnc(C(=O)NCC3CCCO3)c2)c1C. The van der Waals surface area contributed by atoms with Crippen LogP contribution in [0.25, 0.3) is 0 Å². The fourth-order valence-electron chi connectivity index (χ4n) is 2.78. The van der Waals surface area contributed by atoms with E-state index in [0.717, 1.165) is 30.8 Å². The molecule has 126 valence electrons. The van der Waals surface area contributed by atoms with Crippen molar-refractivity contribution in [3.05, 3.63) is 53.3 Å². The fraction of sp³-hybridized carbons (Fsp3) is 0.368. The number of aromatic nitrogens is 1. The Kier molecular flexibility index (Phi) is 5.11. The molecule has 5 nitrogen and oxygen atoms in total. The van der Waals surface area contributed by atoms with E-state index in [1.54, 1.807) is 12.3 Å². The molecular formula is C19H23N3O2. The van der Waals surface area contributed by atoms with E-state index in [-0.39, 0.29) is 12.0 Å². The van der Waals surface area contributed by atoms with E-state index in [9.17, 15) is 4.79 Å². The Hall–Kier alpha value is -2.40. The zero-order chi connectivity index (χ0) is 16.9. The highest BCUT2D eigenvalue weighted by Gasteiger charge is 2.17. The minimum absolute atomic E-state index is 0.130. The number of rotatable bonds is 5. The van der Waals surface area contributed by atoms with Gasteiger partial charge in [-0.25, -0.2) is 0 Å². The Morgan fingerprint density at radius 3 is 3.00 bits per heavy atom. The number of anilines is 2. The predicted molar refractivity (Wildman–Crippen MR) is 94.7 cm³/mol. The summed E-state index contributed by atoms with van der Waals surface area (Å²) in [6.07, 6.45) is 3.84. The van der Waals surface area contributed by atoms with Crippen molar-refractivity contribution >= 4 is 17.3 Å². The van der Waals surface area contributed by atoms with Gasteiger partial charge in [-0.05, 0) is 56.0 Å². The first-order chi connectivity index (χ1) is 11.6. The third kappa shape index (κ3) is 3.92. The van der Waals surface area contributed by atoms with Crippen LogP contribution >= 0.6 is 0 Å². The summed E-state index contributed by atoms with van der Waals surface area (Å²) >= 11 is 0. The number of carbonyl (C=O) groups excluding carboxylic acids is 1. The molecule has 2 N–H and O–H groups in total. The lowest BCUT2D eigenvalue weighted by atomic mass is 10.1. The van der Waals surface area contributed by atoms with Crippen molar-refractivity contribution in [2.75, 3.05) is 18.5 Å². The molecule has 1 saturated heterocycles. The largest absolute Gasteiger partial charge is 0.376 e. The molecule has 0 saturated carbocycles. The molecule has 1 fully saturated rings. The van der Waals surface area contributed by atoms with Crippen LogP contribution in [0.3, 0.4) is 0 Å². The standard InChI is InChI=1S/C19H23N3O2/c1-13-5-3-7-17(14(13)2)22-15-8-9-20-18(11-15)19(23)21-12-16-6-4-10-24-16/h3,5,7-9,11,16H,4,6,10,12H2,1-2H3,(H,20,22)(H,21,23). The summed E-state index contributed by atoms with van der Waals surface area (Å²) < 4.78 is 5.52. The van der Waals surface area contributed by atoms with E-state index in [0.29, 0.717) is 12.2 Å². The average Bonchev–Trinajstić information content (AvgIpc) is 3.11. The second-order valence-corrected chi connectivity index (χ2v) is 6.15. The number of hydrogen-bond acceptors (Lipinski definition) is 4. The summed E-state index contributed by atoms with van der Waals surface area (Å²) in [5.74, 6) is -0.171. The summed E-state index contributed by atoms with van der Waals surface area (Å²) in [7, 11) is 0. The van der Waals surface area contributed by atoms with Crippen LogP contribution in [0.15, 0.2) is 36.5 Å². The second-order valence-electron chi connectivity index (χ2n) is 6.15. The topological polar surface area (TPSA) is 63.2 Å². The van der Waals surface area contributed by atoms with Crippen molar-refractivity contribution < 1.29 is 9.53 Å². The maximum absolute atomic E-state index is 12.3. The van der Waals surface area contributed by atoms with Crippen LogP contribution in [-0.2, 0) is 4.74 Å². The van der Waals surface area contributed by atoms with Gasteiger partial charge < -0.3 is 15.4 Å². The first-order valence-corrected chi connectivity index (χ1v) is 8.32. The molecule has 0 spiro atoms. The van der Waals surface area contributed by atoms with Gasteiger partial charge >= 0.3 is 0 Å². The minimum atomic E-state index is -0.171. The van der Waals surface area contributed by atoms with Gasteiger partial charge in [-0.3, -0.25) is 9.78 Å². The molecule has 1 aliphatic heterocycles. The maximum atomic E-state index is 12.3. The van der Waals surface area contributed by atoms with Crippen LogP contribution in [0.5, 0.6) is 0 Å². The van der Waals surface area contributed by atoms with Crippen LogP contribution in [-0.4, -0.2) is 30.1 Å². The molecule has 1 unspecified atom stereocenters. The van der Waals surface area contributed by atoms with Gasteiger partial charge in [0.25, 0.3) is 5.91 Å². The number of hydrogen-bond donors (Lipinski definition) is 2. The van der Waals surface area contributed by atoms with Crippen LogP contribution < -0.4 is 10.6 Å². The lowest BCUT2D eigenvalue weighted by Gasteiger charge is -2.13. The Labute approximate surface area is 142 Å². The fourth-order valence-corrected chi connectivity index (χ4v) is 2.78. The molecule has 24 heavy (non-hydrogen) atoms. The van der Waals surface area contributed by atoms with Gasteiger partial charge in [0.15, 0.2) is 0 Å². The van der Waals surface area contributed by atoms with Crippen LogP contribution in [0.1, 0.15) is 34.5 Å². The quantitative estimate of drug-likeness (QED) is 0.885. The molecule has 3 rings (SSSR count). The highest BCUT2D eigenvalue weighted by Crippen LogP contribution is 2.22. The first kappa shape index (κ1) is 16.5. The highest BCUT2D eigenvalue weighted by molar-refractivity contribution is 5.93. The lowest BCUT2D eigenvalue weighted by molar-refractivity contribution is 0.0854. The van der Waals surface area contributed by atoms with E-state index in [1.807, 2.05) is 18.2 Å². The monoisotopic (exact) mass is 325 g/mol. The number of nitrogens with zero attached hydrogens (tertiary/aromatic N) is 1. The van der Waals surface area contributed by atoms with Crippen molar-refractivity contribution in [1.29, 1.82) is 0 Å². The van der Waals surface area contributed by atoms with Crippen molar-refractivity contribution in [3.63, 3.8) is 0 Å². The van der Waals surface area contributed by atoms with Crippen molar-refractivity contribution in [1.82, 2.24) is 10.3 Å². The van der Waals surface area contributed by atoms with Crippen LogP contribution in [0, 0.1) is 13.8 Å². The summed E-state index contributed by atoms with van der Waals surface area (Å²) in [6.45, 7) is 5.48. The van der Waals surface area contributed by atoms with Crippen LogP contribution in [0.2, 0.25) is 0 Å². The average molecular weight is 325 g/mol. The molecule has 0 radical (unpaired) electrons. The Bertz CT molecular complexity index is 724. The highest BCUT2D eigenvalue weighted by atomic mass is 16.5. The van der Waals surface area contributed by atoms with Gasteiger partial charge in [0, 0.05) is 30.7 Å². The molecule has 5 heteroatoms. The minimum Gasteiger partial charge on any atom is -0.376 e. The lowest BCUT2D eigenvalue weighted by Crippen LogP contribution is -2.32. The number of nitrogens with one attached hydrogen (secondary N) is 2. The molecule has 0 bridgehead atoms. The number of benzene rings is 1. The Morgan fingerprint density at radius 2 is 2.21 bits per heavy atom. The van der Waals surface area contributed by atoms with Gasteiger partial charge in [-0.15, -0.1) is 0 Å². The van der Waals surface area contributed by atoms with Crippen molar-refractivity contribution in [2.24, 2.45) is 0 Å². The second kappa shape index (κ2) is 7.45. The van der Waals surface area contributed by atoms with E-state index < -0.39 is 0 Å². The van der Waals surface area contributed by atoms with E-state index >= 15 is 0 Å². The Morgan fingerprint density at radius 1 is 1.33 bits per heavy atom. The van der Waals surface area contributed by atoms with E-state index in [4.69, 9.17) is 4.74 Å². The maximum Gasteiger partial charge on any atom is 0.270 e. The van der Waals surface area contributed by atoms with Gasteiger partial charge in [0.1, 0.15) is 5.69 Å². The first-order valence-electron chi connectivity index (χ1n) is 8.32. The number of pyridine rings is 1. The van der Waals surface area contributed by atoms with E-state index in [1.165, 1.54) is 11.1 Å². The van der Waals surface area contributed by atoms with Crippen molar-refractivity contribution in [2.45, 2.75) is 32.8 Å². The predicted octanol–water partition coefficient (Wildman–Crippen LogP) is 3.35. The van der Waals surface area contributed by atoms with Gasteiger partial charge in [-0.2, -0.15) is 0 Å². The smallest absolute Gasteiger partial charge is 0.270 e. The Balaban J connectivity index is 1.67. The van der Waals surface area contributed by atoms with E-state index in [2.05, 4.69) is 35.5 Å². The molecule has 2 aromatic rings. The normalized spacial score (nSPS) is 16.8. The number of carbonyl (C=O) groups is 1.